The van der Waals surface area contributed by atoms with Crippen molar-refractivity contribution in [3.63, 3.8) is 0 Å². The summed E-state index contributed by atoms with van der Waals surface area (Å²) < 4.78 is 12.0. The molecule has 6 rings (SSSR count). The molecule has 5 nitrogen and oxygen atoms in total. The molecule has 2 saturated heterocycles. The zero-order chi connectivity index (χ0) is 21.1. The van der Waals surface area contributed by atoms with Gasteiger partial charge in [0.1, 0.15) is 11.5 Å². The topological polar surface area (TPSA) is 68.7 Å². The van der Waals surface area contributed by atoms with E-state index in [1.54, 1.807) is 0 Å². The molecule has 0 unspecified atom stereocenters. The monoisotopic (exact) mass is 413 g/mol. The second-order valence-electron chi connectivity index (χ2n) is 8.58. The molecule has 3 aliphatic rings. The zero-order valence-corrected chi connectivity index (χ0v) is 17.2. The van der Waals surface area contributed by atoms with Gasteiger partial charge in [-0.05, 0) is 54.7 Å². The minimum Gasteiger partial charge on any atom is -0.511 e. The summed E-state index contributed by atoms with van der Waals surface area (Å²) in [4.78, 5) is 17.9. The van der Waals surface area contributed by atoms with Crippen molar-refractivity contribution in [2.75, 3.05) is 0 Å². The van der Waals surface area contributed by atoms with E-state index >= 15 is 0 Å². The van der Waals surface area contributed by atoms with E-state index in [1.165, 1.54) is 0 Å². The van der Waals surface area contributed by atoms with Gasteiger partial charge in [-0.2, -0.15) is 0 Å². The molecule has 4 atom stereocenters. The molecule has 1 N–H and O–H groups in total. The van der Waals surface area contributed by atoms with Crippen LogP contribution in [0.3, 0.4) is 0 Å². The van der Waals surface area contributed by atoms with E-state index < -0.39 is 0 Å². The summed E-state index contributed by atoms with van der Waals surface area (Å²) in [5, 5.41) is 12.1. The quantitative estimate of drug-likeness (QED) is 0.634. The number of Topliss-reactive ketones (excluding diaryl/α,β-unsaturated/α-hetero) is 1. The minimum atomic E-state index is -0.245. The fourth-order valence-corrected chi connectivity index (χ4v) is 5.47. The van der Waals surface area contributed by atoms with E-state index in [0.717, 1.165) is 41.3 Å². The second-order valence-corrected chi connectivity index (χ2v) is 8.58. The molecule has 3 heterocycles. The van der Waals surface area contributed by atoms with Gasteiger partial charge in [0.25, 0.3) is 0 Å². The van der Waals surface area contributed by atoms with Gasteiger partial charge in [-0.25, -0.2) is 4.98 Å². The van der Waals surface area contributed by atoms with Gasteiger partial charge in [-0.3, -0.25) is 4.79 Å². The lowest BCUT2D eigenvalue weighted by atomic mass is 9.80. The molecule has 2 aromatic carbocycles. The number of benzene rings is 2. The van der Waals surface area contributed by atoms with Crippen LogP contribution in [0.1, 0.15) is 30.9 Å². The van der Waals surface area contributed by atoms with E-state index in [2.05, 4.69) is 11.9 Å². The summed E-state index contributed by atoms with van der Waals surface area (Å²) in [6.45, 7) is 2.05. The number of carbonyl (C=O) groups excluding carboxylic acids is 1. The van der Waals surface area contributed by atoms with Gasteiger partial charge in [0.15, 0.2) is 5.78 Å². The summed E-state index contributed by atoms with van der Waals surface area (Å²) in [5.74, 6) is 0.846. The largest absolute Gasteiger partial charge is 0.511 e. The number of fused-ring (bicyclic) bond motifs is 6. The molecule has 2 aliphatic heterocycles. The van der Waals surface area contributed by atoms with Crippen LogP contribution < -0.4 is 4.74 Å². The van der Waals surface area contributed by atoms with Gasteiger partial charge in [0, 0.05) is 11.5 Å². The Bertz CT molecular complexity index is 1250. The second kappa shape index (κ2) is 6.92. The van der Waals surface area contributed by atoms with Crippen LogP contribution in [0.4, 0.5) is 0 Å². The Kier molecular flexibility index (Phi) is 4.15. The molecular weight excluding hydrogens is 390 g/mol. The fraction of sp³-hybridized carbons (Fsp3) is 0.308. The third kappa shape index (κ3) is 2.80. The van der Waals surface area contributed by atoms with Crippen LogP contribution in [0.5, 0.6) is 11.6 Å². The smallest absolute Gasteiger partial charge is 0.219 e. The molecule has 2 fully saturated rings. The van der Waals surface area contributed by atoms with Crippen LogP contribution in [-0.4, -0.2) is 28.1 Å². The molecule has 3 aromatic rings. The predicted molar refractivity (Wildman–Crippen MR) is 117 cm³/mol. The molecule has 0 amide bonds. The lowest BCUT2D eigenvalue weighted by Gasteiger charge is -2.19. The Morgan fingerprint density at radius 1 is 1.06 bits per heavy atom. The van der Waals surface area contributed by atoms with Crippen molar-refractivity contribution >= 4 is 22.3 Å². The average Bonchev–Trinajstić information content (AvgIpc) is 3.47. The normalized spacial score (nSPS) is 26.7. The Labute approximate surface area is 180 Å². The highest BCUT2D eigenvalue weighted by atomic mass is 16.5. The van der Waals surface area contributed by atoms with Crippen LogP contribution >= 0.6 is 0 Å². The molecule has 0 saturated carbocycles. The molecule has 156 valence electrons. The van der Waals surface area contributed by atoms with E-state index in [-0.39, 0.29) is 35.6 Å². The number of allylic oxidation sites excluding steroid dienone is 1. The Hall–Kier alpha value is -3.18. The van der Waals surface area contributed by atoms with E-state index in [0.29, 0.717) is 17.2 Å². The first kappa shape index (κ1) is 18.6. The first-order chi connectivity index (χ1) is 15.1. The Morgan fingerprint density at radius 3 is 2.68 bits per heavy atom. The summed E-state index contributed by atoms with van der Waals surface area (Å²) in [5.41, 5.74) is 3.09. The van der Waals surface area contributed by atoms with Gasteiger partial charge < -0.3 is 14.6 Å². The molecular formula is C26H23NO4. The highest BCUT2D eigenvalue weighted by molar-refractivity contribution is 6.25. The Balaban J connectivity index is 1.38. The molecule has 1 aliphatic carbocycles. The number of ketones is 1. The summed E-state index contributed by atoms with van der Waals surface area (Å²) in [6, 6.07) is 17.4. The van der Waals surface area contributed by atoms with Gasteiger partial charge in [0.05, 0.1) is 35.1 Å². The zero-order valence-electron chi connectivity index (χ0n) is 17.2. The van der Waals surface area contributed by atoms with E-state index in [1.807, 2.05) is 54.6 Å². The van der Waals surface area contributed by atoms with Crippen LogP contribution in [-0.2, 0) is 16.0 Å². The summed E-state index contributed by atoms with van der Waals surface area (Å²) in [6.07, 6.45) is 2.46. The highest BCUT2D eigenvalue weighted by Gasteiger charge is 2.59. The molecule has 0 spiro atoms. The van der Waals surface area contributed by atoms with Crippen molar-refractivity contribution in [1.82, 2.24) is 4.98 Å². The van der Waals surface area contributed by atoms with E-state index in [9.17, 15) is 9.90 Å². The number of ether oxygens (including phenoxy) is 2. The van der Waals surface area contributed by atoms with Gasteiger partial charge in [0.2, 0.25) is 5.88 Å². The van der Waals surface area contributed by atoms with Crippen molar-refractivity contribution in [1.29, 1.82) is 0 Å². The number of para-hydroxylation sites is 1. The number of pyridine rings is 1. The lowest BCUT2D eigenvalue weighted by molar-refractivity contribution is -0.118. The molecule has 2 bridgehead atoms. The van der Waals surface area contributed by atoms with E-state index in [4.69, 9.17) is 9.47 Å². The highest BCUT2D eigenvalue weighted by Crippen LogP contribution is 2.54. The van der Waals surface area contributed by atoms with Crippen molar-refractivity contribution in [3.05, 3.63) is 71.5 Å². The van der Waals surface area contributed by atoms with Crippen molar-refractivity contribution in [3.8, 4) is 11.6 Å². The van der Waals surface area contributed by atoms with Gasteiger partial charge in [-0.1, -0.05) is 31.2 Å². The minimum absolute atomic E-state index is 0.00498. The van der Waals surface area contributed by atoms with Crippen LogP contribution in [0, 0.1) is 11.8 Å². The third-order valence-electron chi connectivity index (χ3n) is 6.92. The van der Waals surface area contributed by atoms with Gasteiger partial charge in [-0.15, -0.1) is 0 Å². The number of nitrogens with zero attached hydrogens (tertiary/aromatic N) is 1. The molecule has 0 radical (unpaired) electrons. The average molecular weight is 413 g/mol. The number of aliphatic hydroxyl groups excluding tert-OH is 1. The van der Waals surface area contributed by atoms with Gasteiger partial charge >= 0.3 is 0 Å². The number of rotatable bonds is 4. The molecule has 5 heteroatoms. The number of aromatic nitrogens is 1. The predicted octanol–water partition coefficient (Wildman–Crippen LogP) is 5.23. The first-order valence-electron chi connectivity index (χ1n) is 10.9. The van der Waals surface area contributed by atoms with Crippen LogP contribution in [0.2, 0.25) is 0 Å². The summed E-state index contributed by atoms with van der Waals surface area (Å²) >= 11 is 0. The molecule has 31 heavy (non-hydrogen) atoms. The van der Waals surface area contributed by atoms with Crippen LogP contribution in [0.25, 0.3) is 16.5 Å². The first-order valence-corrected chi connectivity index (χ1v) is 10.9. The Morgan fingerprint density at radius 2 is 1.87 bits per heavy atom. The maximum absolute atomic E-state index is 13.3. The van der Waals surface area contributed by atoms with Crippen molar-refractivity contribution < 1.29 is 19.4 Å². The number of aryl methyl sites for hydroxylation is 1. The number of carbonyl (C=O) groups is 1. The lowest BCUT2D eigenvalue weighted by Crippen LogP contribution is -2.29. The SMILES string of the molecule is CCc1ccc(Oc2ccc3ccccc3n2)cc1C1=C(O)[C@H]2[C@@H](C1=O)[C@@H]1CC[C@H]2O1. The number of hydrogen-bond acceptors (Lipinski definition) is 5. The number of hydrogen-bond donors (Lipinski definition) is 1. The fourth-order valence-electron chi connectivity index (χ4n) is 5.47. The molecule has 1 aromatic heterocycles. The maximum Gasteiger partial charge on any atom is 0.219 e. The third-order valence-corrected chi connectivity index (χ3v) is 6.92. The maximum atomic E-state index is 13.3. The van der Waals surface area contributed by atoms with Crippen molar-refractivity contribution in [2.45, 2.75) is 38.4 Å². The van der Waals surface area contributed by atoms with Crippen molar-refractivity contribution in [2.24, 2.45) is 11.8 Å². The standard InChI is InChI=1S/C26H23NO4/c1-2-14-7-9-16(30-21-12-8-15-5-3-4-6-18(15)27-21)13-17(14)22-25(28)23-19-10-11-20(31-19)24(23)26(22)29/h3-9,12-13,19-20,23-24,28H,2,10-11H2,1H3/t19-,20+,23-,24+/m1/s1. The number of aliphatic hydroxyl groups is 1. The van der Waals surface area contributed by atoms with Crippen LogP contribution in [0.15, 0.2) is 60.4 Å². The summed E-state index contributed by atoms with van der Waals surface area (Å²) in [7, 11) is 0.